The van der Waals surface area contributed by atoms with Gasteiger partial charge in [-0.25, -0.2) is 8.42 Å². The fourth-order valence-corrected chi connectivity index (χ4v) is 4.08. The summed E-state index contributed by atoms with van der Waals surface area (Å²) in [6.07, 6.45) is 3.45. The number of H-pyrrole nitrogens is 2. The Hall–Kier alpha value is -3.46. The van der Waals surface area contributed by atoms with Gasteiger partial charge in [0.2, 0.25) is 0 Å². The van der Waals surface area contributed by atoms with Crippen LogP contribution in [0.25, 0.3) is 21.8 Å². The molecule has 9 heteroatoms. The molecule has 0 unspecified atom stereocenters. The summed E-state index contributed by atoms with van der Waals surface area (Å²) >= 11 is 0. The van der Waals surface area contributed by atoms with Crippen molar-refractivity contribution in [1.29, 1.82) is 0 Å². The van der Waals surface area contributed by atoms with Crippen molar-refractivity contribution in [3.63, 3.8) is 0 Å². The van der Waals surface area contributed by atoms with Gasteiger partial charge in [0.15, 0.2) is 9.84 Å². The van der Waals surface area contributed by atoms with E-state index >= 15 is 0 Å². The van der Waals surface area contributed by atoms with Crippen molar-refractivity contribution in [2.45, 2.75) is 24.0 Å². The molecule has 3 heterocycles. The van der Waals surface area contributed by atoms with Crippen LogP contribution in [-0.4, -0.2) is 34.4 Å². The number of nitrogens with zero attached hydrogens (tertiary/aromatic N) is 1. The Morgan fingerprint density at radius 1 is 1.14 bits per heavy atom. The Morgan fingerprint density at radius 3 is 2.55 bits per heavy atom. The van der Waals surface area contributed by atoms with Crippen LogP contribution in [0.1, 0.15) is 19.0 Å². The van der Waals surface area contributed by atoms with Crippen molar-refractivity contribution in [3.05, 3.63) is 70.9 Å². The predicted molar refractivity (Wildman–Crippen MR) is 109 cm³/mol. The molecule has 0 amide bonds. The Balaban J connectivity index is 0.000000431. The van der Waals surface area contributed by atoms with Crippen molar-refractivity contribution in [2.24, 2.45) is 0 Å². The molecule has 4 aromatic rings. The van der Waals surface area contributed by atoms with Gasteiger partial charge in [0, 0.05) is 35.1 Å². The SMILES string of the molecule is CCC(=O)O.O=c1[nH]c2ccc(S(=O)(=O)Cc3ccccn3)cc2c2cc[nH]c12. The summed E-state index contributed by atoms with van der Waals surface area (Å²) < 4.78 is 25.3. The average Bonchev–Trinajstić information content (AvgIpc) is 3.19. The zero-order valence-corrected chi connectivity index (χ0v) is 16.4. The minimum atomic E-state index is -3.53. The van der Waals surface area contributed by atoms with Gasteiger partial charge in [-0.3, -0.25) is 14.6 Å². The quantitative estimate of drug-likeness (QED) is 0.471. The molecule has 0 saturated heterocycles. The molecular weight excluding hydrogens is 394 g/mol. The summed E-state index contributed by atoms with van der Waals surface area (Å²) in [7, 11) is -3.53. The lowest BCUT2D eigenvalue weighted by Gasteiger charge is -2.06. The molecule has 3 aromatic heterocycles. The maximum absolute atomic E-state index is 12.7. The number of aromatic amines is 2. The van der Waals surface area contributed by atoms with Crippen molar-refractivity contribution in [3.8, 4) is 0 Å². The van der Waals surface area contributed by atoms with E-state index in [4.69, 9.17) is 5.11 Å². The number of nitrogens with one attached hydrogen (secondary N) is 2. The van der Waals surface area contributed by atoms with Crippen molar-refractivity contribution in [2.75, 3.05) is 0 Å². The van der Waals surface area contributed by atoms with E-state index in [0.29, 0.717) is 27.5 Å². The second-order valence-electron chi connectivity index (χ2n) is 6.26. The van der Waals surface area contributed by atoms with Gasteiger partial charge in [0.05, 0.1) is 16.3 Å². The highest BCUT2D eigenvalue weighted by molar-refractivity contribution is 7.90. The Labute approximate surface area is 166 Å². The third-order valence-electron chi connectivity index (χ3n) is 4.23. The number of hydrogen-bond acceptors (Lipinski definition) is 5. The topological polar surface area (TPSA) is 133 Å². The first-order valence-corrected chi connectivity index (χ1v) is 10.4. The minimum absolute atomic E-state index is 0.168. The van der Waals surface area contributed by atoms with Crippen molar-refractivity contribution >= 4 is 37.6 Å². The molecule has 0 spiro atoms. The van der Waals surface area contributed by atoms with Crippen molar-refractivity contribution < 1.29 is 18.3 Å². The van der Waals surface area contributed by atoms with E-state index < -0.39 is 15.8 Å². The third-order valence-corrected chi connectivity index (χ3v) is 5.88. The molecule has 4 rings (SSSR count). The maximum atomic E-state index is 12.7. The second-order valence-corrected chi connectivity index (χ2v) is 8.24. The number of sulfone groups is 1. The monoisotopic (exact) mass is 413 g/mol. The van der Waals surface area contributed by atoms with Gasteiger partial charge < -0.3 is 15.1 Å². The highest BCUT2D eigenvalue weighted by atomic mass is 32.2. The number of carboxylic acid groups (broad SMARTS) is 1. The molecule has 0 fully saturated rings. The largest absolute Gasteiger partial charge is 0.481 e. The van der Waals surface area contributed by atoms with Gasteiger partial charge in [-0.15, -0.1) is 0 Å². The maximum Gasteiger partial charge on any atom is 0.303 e. The highest BCUT2D eigenvalue weighted by Gasteiger charge is 2.17. The van der Waals surface area contributed by atoms with Gasteiger partial charge in [0.25, 0.3) is 5.56 Å². The summed E-state index contributed by atoms with van der Waals surface area (Å²) in [5.41, 5.74) is 1.29. The average molecular weight is 413 g/mol. The molecule has 0 aliphatic rings. The Bertz CT molecular complexity index is 1320. The first-order valence-electron chi connectivity index (χ1n) is 8.79. The number of benzene rings is 1. The van der Waals surface area contributed by atoms with E-state index in [1.54, 1.807) is 55.7 Å². The van der Waals surface area contributed by atoms with Crippen LogP contribution in [0, 0.1) is 0 Å². The van der Waals surface area contributed by atoms with Gasteiger partial charge in [-0.05, 0) is 36.4 Å². The summed E-state index contributed by atoms with van der Waals surface area (Å²) in [4.78, 5) is 31.2. The number of hydrogen-bond donors (Lipinski definition) is 3. The van der Waals surface area contributed by atoms with E-state index in [1.807, 2.05) is 0 Å². The molecule has 1 aromatic carbocycles. The summed E-state index contributed by atoms with van der Waals surface area (Å²) in [5, 5.41) is 9.11. The molecule has 0 radical (unpaired) electrons. The van der Waals surface area contributed by atoms with Gasteiger partial charge in [0.1, 0.15) is 5.52 Å². The molecule has 29 heavy (non-hydrogen) atoms. The second kappa shape index (κ2) is 8.27. The van der Waals surface area contributed by atoms with Crippen LogP contribution in [0.3, 0.4) is 0 Å². The lowest BCUT2D eigenvalue weighted by molar-refractivity contribution is -0.136. The molecule has 0 bridgehead atoms. The van der Waals surface area contributed by atoms with E-state index in [9.17, 15) is 18.0 Å². The zero-order chi connectivity index (χ0) is 21.0. The van der Waals surface area contributed by atoms with Crippen LogP contribution in [0.4, 0.5) is 0 Å². The lowest BCUT2D eigenvalue weighted by atomic mass is 10.1. The van der Waals surface area contributed by atoms with Crippen LogP contribution >= 0.6 is 0 Å². The fourth-order valence-electron chi connectivity index (χ4n) is 2.78. The number of carbonyl (C=O) groups is 1. The molecule has 8 nitrogen and oxygen atoms in total. The summed E-state index contributed by atoms with van der Waals surface area (Å²) in [5.74, 6) is -0.913. The normalized spacial score (nSPS) is 11.2. The lowest BCUT2D eigenvalue weighted by Crippen LogP contribution is -2.08. The first-order chi connectivity index (χ1) is 13.8. The Morgan fingerprint density at radius 2 is 1.90 bits per heavy atom. The summed E-state index contributed by atoms with van der Waals surface area (Å²) in [6, 6.07) is 11.7. The summed E-state index contributed by atoms with van der Waals surface area (Å²) in [6.45, 7) is 1.60. The Kier molecular flexibility index (Phi) is 5.79. The van der Waals surface area contributed by atoms with Crippen molar-refractivity contribution in [1.82, 2.24) is 15.0 Å². The number of aromatic nitrogens is 3. The van der Waals surface area contributed by atoms with Gasteiger partial charge >= 0.3 is 5.97 Å². The van der Waals surface area contributed by atoms with E-state index in [-0.39, 0.29) is 22.6 Å². The fraction of sp³-hybridized carbons (Fsp3) is 0.150. The zero-order valence-electron chi connectivity index (χ0n) is 15.5. The molecule has 0 aliphatic carbocycles. The first kappa shape index (κ1) is 20.3. The molecule has 150 valence electrons. The number of aliphatic carboxylic acids is 1. The third kappa shape index (κ3) is 4.52. The smallest absolute Gasteiger partial charge is 0.303 e. The molecule has 0 atom stereocenters. The molecule has 0 saturated carbocycles. The van der Waals surface area contributed by atoms with Crippen LogP contribution in [0.15, 0.2) is 64.5 Å². The highest BCUT2D eigenvalue weighted by Crippen LogP contribution is 2.25. The van der Waals surface area contributed by atoms with Crippen LogP contribution in [-0.2, 0) is 20.4 Å². The number of rotatable bonds is 4. The van der Waals surface area contributed by atoms with Gasteiger partial charge in [-0.2, -0.15) is 0 Å². The number of pyridine rings is 2. The van der Waals surface area contributed by atoms with E-state index in [1.165, 1.54) is 6.07 Å². The molecule has 0 aliphatic heterocycles. The van der Waals surface area contributed by atoms with Gasteiger partial charge in [-0.1, -0.05) is 13.0 Å². The molecule has 3 N–H and O–H groups in total. The van der Waals surface area contributed by atoms with E-state index in [0.717, 1.165) is 0 Å². The molecular formula is C20H19N3O5S. The number of fused-ring (bicyclic) bond motifs is 3. The van der Waals surface area contributed by atoms with Crippen LogP contribution in [0.2, 0.25) is 0 Å². The predicted octanol–water partition coefficient (Wildman–Crippen LogP) is 2.86. The van der Waals surface area contributed by atoms with Crippen LogP contribution in [0.5, 0.6) is 0 Å². The standard InChI is InChI=1S/C17H13N3O3S.C3H6O2/c21-17-16-13(6-8-19-16)14-9-12(4-5-15(14)20-17)24(22,23)10-11-3-1-2-7-18-11;1-2-3(4)5/h1-9,19H,10H2,(H,20,21);2H2,1H3,(H,4,5). The minimum Gasteiger partial charge on any atom is -0.481 e. The number of carboxylic acids is 1. The van der Waals surface area contributed by atoms with E-state index in [2.05, 4.69) is 15.0 Å². The van der Waals surface area contributed by atoms with Crippen LogP contribution < -0.4 is 5.56 Å².